The van der Waals surface area contributed by atoms with Crippen molar-refractivity contribution < 1.29 is 0 Å². The molecule has 11 heavy (non-hydrogen) atoms. The average molecular weight is 155 g/mol. The first kappa shape index (κ1) is 10.7. The first-order chi connectivity index (χ1) is 5.06. The molecule has 1 heteroatoms. The molecule has 0 rings (SSSR count). The van der Waals surface area contributed by atoms with Crippen LogP contribution in [-0.4, -0.2) is 12.8 Å². The van der Waals surface area contributed by atoms with Crippen LogP contribution in [0.15, 0.2) is 4.99 Å². The molecule has 0 heterocycles. The highest BCUT2D eigenvalue weighted by Gasteiger charge is 2.05. The number of nitrogens with zero attached hydrogens (tertiary/aromatic N) is 1. The summed E-state index contributed by atoms with van der Waals surface area (Å²) >= 11 is 0. The molecule has 0 radical (unpaired) electrons. The van der Waals surface area contributed by atoms with Crippen molar-refractivity contribution in [2.45, 2.75) is 40.5 Å². The summed E-state index contributed by atoms with van der Waals surface area (Å²) in [5.74, 6) is 1.60. The molecule has 0 spiro atoms. The topological polar surface area (TPSA) is 12.4 Å². The molecule has 0 aromatic rings. The third-order valence-electron chi connectivity index (χ3n) is 1.90. The van der Waals surface area contributed by atoms with Gasteiger partial charge in [0.1, 0.15) is 0 Å². The third kappa shape index (κ3) is 6.08. The van der Waals surface area contributed by atoms with E-state index in [1.165, 1.54) is 12.1 Å². The summed E-state index contributed by atoms with van der Waals surface area (Å²) in [7, 11) is 1.87. The molecule has 1 unspecified atom stereocenters. The van der Waals surface area contributed by atoms with E-state index in [4.69, 9.17) is 0 Å². The van der Waals surface area contributed by atoms with Crippen LogP contribution in [0.25, 0.3) is 0 Å². The SMILES string of the molecule is CN=C(C)CC(C)CC(C)C. The average Bonchev–Trinajstić information content (AvgIpc) is 1.85. The molecule has 0 aromatic carbocycles. The van der Waals surface area contributed by atoms with Gasteiger partial charge in [-0.2, -0.15) is 0 Å². The lowest BCUT2D eigenvalue weighted by Gasteiger charge is -2.12. The molecule has 0 fully saturated rings. The molecular weight excluding hydrogens is 134 g/mol. The molecule has 1 nitrogen and oxygen atoms in total. The van der Waals surface area contributed by atoms with Gasteiger partial charge < -0.3 is 0 Å². The highest BCUT2D eigenvalue weighted by Crippen LogP contribution is 2.14. The molecule has 0 aliphatic carbocycles. The summed E-state index contributed by atoms with van der Waals surface area (Å²) in [6.45, 7) is 8.95. The summed E-state index contributed by atoms with van der Waals surface area (Å²) in [6, 6.07) is 0. The van der Waals surface area contributed by atoms with Crippen LogP contribution in [0.4, 0.5) is 0 Å². The van der Waals surface area contributed by atoms with Crippen molar-refractivity contribution >= 4 is 5.71 Å². The molecule has 0 saturated heterocycles. The Labute approximate surface area is 70.9 Å². The third-order valence-corrected chi connectivity index (χ3v) is 1.90. The molecule has 0 aliphatic heterocycles. The normalized spacial score (nSPS) is 15.6. The maximum Gasteiger partial charge on any atom is 0.0276 e. The Hall–Kier alpha value is -0.330. The van der Waals surface area contributed by atoms with Gasteiger partial charge in [0.25, 0.3) is 0 Å². The fourth-order valence-electron chi connectivity index (χ4n) is 1.48. The lowest BCUT2D eigenvalue weighted by Crippen LogP contribution is -2.05. The van der Waals surface area contributed by atoms with Gasteiger partial charge in [0, 0.05) is 12.8 Å². The van der Waals surface area contributed by atoms with E-state index < -0.39 is 0 Å². The minimum atomic E-state index is 0.790. The van der Waals surface area contributed by atoms with Gasteiger partial charge in [0.05, 0.1) is 0 Å². The Bertz CT molecular complexity index is 125. The van der Waals surface area contributed by atoms with Gasteiger partial charge in [-0.05, 0) is 31.6 Å². The minimum Gasteiger partial charge on any atom is -0.298 e. The zero-order valence-electron chi connectivity index (χ0n) is 8.52. The zero-order valence-corrected chi connectivity index (χ0v) is 8.52. The van der Waals surface area contributed by atoms with Gasteiger partial charge in [-0.15, -0.1) is 0 Å². The smallest absolute Gasteiger partial charge is 0.0276 e. The first-order valence-corrected chi connectivity index (χ1v) is 4.48. The second-order valence-electron chi connectivity index (χ2n) is 3.90. The summed E-state index contributed by atoms with van der Waals surface area (Å²) < 4.78 is 0. The molecule has 0 aliphatic rings. The highest BCUT2D eigenvalue weighted by molar-refractivity contribution is 5.81. The van der Waals surface area contributed by atoms with Crippen molar-refractivity contribution in [2.24, 2.45) is 16.8 Å². The zero-order chi connectivity index (χ0) is 8.85. The Morgan fingerprint density at radius 3 is 2.18 bits per heavy atom. The van der Waals surface area contributed by atoms with Crippen molar-refractivity contribution in [2.75, 3.05) is 7.05 Å². The van der Waals surface area contributed by atoms with E-state index in [0.717, 1.165) is 18.3 Å². The highest BCUT2D eigenvalue weighted by atomic mass is 14.7. The van der Waals surface area contributed by atoms with E-state index in [9.17, 15) is 0 Å². The van der Waals surface area contributed by atoms with Crippen LogP contribution in [0.1, 0.15) is 40.5 Å². The second-order valence-corrected chi connectivity index (χ2v) is 3.90. The largest absolute Gasteiger partial charge is 0.298 e. The van der Waals surface area contributed by atoms with Gasteiger partial charge in [0.15, 0.2) is 0 Å². The molecule has 0 N–H and O–H groups in total. The number of hydrogen-bond acceptors (Lipinski definition) is 1. The lowest BCUT2D eigenvalue weighted by molar-refractivity contribution is 0.450. The van der Waals surface area contributed by atoms with Crippen LogP contribution in [0.3, 0.4) is 0 Å². The van der Waals surface area contributed by atoms with E-state index >= 15 is 0 Å². The monoisotopic (exact) mass is 155 g/mol. The predicted octanol–water partition coefficient (Wildman–Crippen LogP) is 3.15. The Kier molecular flexibility index (Phi) is 5.18. The summed E-state index contributed by atoms with van der Waals surface area (Å²) in [4.78, 5) is 4.15. The number of rotatable bonds is 4. The van der Waals surface area contributed by atoms with E-state index in [1.807, 2.05) is 7.05 Å². The molecular formula is C10H21N. The number of hydrogen-bond donors (Lipinski definition) is 0. The molecule has 0 bridgehead atoms. The van der Waals surface area contributed by atoms with Crippen LogP contribution < -0.4 is 0 Å². The quantitative estimate of drug-likeness (QED) is 0.553. The molecule has 66 valence electrons. The van der Waals surface area contributed by atoms with Crippen molar-refractivity contribution in [3.8, 4) is 0 Å². The maximum absolute atomic E-state index is 4.15. The molecule has 0 aromatic heterocycles. The summed E-state index contributed by atoms with van der Waals surface area (Å²) in [5.41, 5.74) is 1.28. The van der Waals surface area contributed by atoms with Crippen LogP contribution >= 0.6 is 0 Å². The van der Waals surface area contributed by atoms with Crippen molar-refractivity contribution in [1.29, 1.82) is 0 Å². The van der Waals surface area contributed by atoms with E-state index in [0.29, 0.717) is 0 Å². The van der Waals surface area contributed by atoms with Gasteiger partial charge in [-0.25, -0.2) is 0 Å². The Morgan fingerprint density at radius 2 is 1.82 bits per heavy atom. The predicted molar refractivity (Wildman–Crippen MR) is 52.3 cm³/mol. The fraction of sp³-hybridized carbons (Fsp3) is 0.900. The molecule has 0 saturated carbocycles. The Morgan fingerprint density at radius 1 is 1.27 bits per heavy atom. The van der Waals surface area contributed by atoms with Gasteiger partial charge in [-0.3, -0.25) is 4.99 Å². The summed E-state index contributed by atoms with van der Waals surface area (Å²) in [5, 5.41) is 0. The standard InChI is InChI=1S/C10H21N/c1-8(2)6-9(3)7-10(4)11-5/h8-9H,6-7H2,1-5H3. The second kappa shape index (κ2) is 5.34. The summed E-state index contributed by atoms with van der Waals surface area (Å²) in [6.07, 6.45) is 2.47. The van der Waals surface area contributed by atoms with Crippen molar-refractivity contribution in [3.63, 3.8) is 0 Å². The first-order valence-electron chi connectivity index (χ1n) is 4.48. The lowest BCUT2D eigenvalue weighted by atomic mass is 9.94. The van der Waals surface area contributed by atoms with Crippen molar-refractivity contribution in [1.82, 2.24) is 0 Å². The van der Waals surface area contributed by atoms with Crippen LogP contribution in [0.2, 0.25) is 0 Å². The molecule has 0 amide bonds. The molecule has 1 atom stereocenters. The van der Waals surface area contributed by atoms with Crippen LogP contribution in [-0.2, 0) is 0 Å². The van der Waals surface area contributed by atoms with Gasteiger partial charge >= 0.3 is 0 Å². The fourth-order valence-corrected chi connectivity index (χ4v) is 1.48. The Balaban J connectivity index is 3.60. The van der Waals surface area contributed by atoms with Crippen molar-refractivity contribution in [3.05, 3.63) is 0 Å². The van der Waals surface area contributed by atoms with Crippen LogP contribution in [0, 0.1) is 11.8 Å². The van der Waals surface area contributed by atoms with Gasteiger partial charge in [-0.1, -0.05) is 20.8 Å². The van der Waals surface area contributed by atoms with Gasteiger partial charge in [0.2, 0.25) is 0 Å². The van der Waals surface area contributed by atoms with Crippen LogP contribution in [0.5, 0.6) is 0 Å². The van der Waals surface area contributed by atoms with E-state index in [1.54, 1.807) is 0 Å². The maximum atomic E-state index is 4.15. The van der Waals surface area contributed by atoms with E-state index in [2.05, 4.69) is 32.7 Å². The minimum absolute atomic E-state index is 0.790. The van der Waals surface area contributed by atoms with E-state index in [-0.39, 0.29) is 0 Å². The number of aliphatic imine (C=N–C) groups is 1.